The second-order valence-corrected chi connectivity index (χ2v) is 8.89. The summed E-state index contributed by atoms with van der Waals surface area (Å²) in [5.74, 6) is 0.0330. The summed E-state index contributed by atoms with van der Waals surface area (Å²) in [5.41, 5.74) is 2.46. The number of imide groups is 1. The third-order valence-corrected chi connectivity index (χ3v) is 6.46. The summed E-state index contributed by atoms with van der Waals surface area (Å²) < 4.78 is 19.0. The topological polar surface area (TPSA) is 46.6 Å². The average Bonchev–Trinajstić information content (AvgIpc) is 3.11. The lowest BCUT2D eigenvalue weighted by Crippen LogP contribution is -2.27. The van der Waals surface area contributed by atoms with Crippen LogP contribution in [-0.2, 0) is 17.9 Å². The Balaban J connectivity index is 1.28. The molecule has 168 valence electrons. The molecule has 0 unspecified atom stereocenters. The molecule has 1 aliphatic heterocycles. The Morgan fingerprint density at radius 1 is 0.882 bits per heavy atom. The van der Waals surface area contributed by atoms with Gasteiger partial charge in [-0.15, -0.1) is 0 Å². The van der Waals surface area contributed by atoms with Crippen molar-refractivity contribution >= 4 is 39.8 Å². The predicted octanol–water partition coefficient (Wildman–Crippen LogP) is 6.79. The second-order valence-electron chi connectivity index (χ2n) is 7.89. The van der Waals surface area contributed by atoms with Gasteiger partial charge in [-0.1, -0.05) is 66.7 Å². The number of hydrogen-bond acceptors (Lipinski definition) is 4. The molecule has 2 amide bonds. The minimum absolute atomic E-state index is 0.232. The van der Waals surface area contributed by atoms with Crippen molar-refractivity contribution in [2.45, 2.75) is 13.2 Å². The molecule has 1 aliphatic rings. The van der Waals surface area contributed by atoms with Crippen LogP contribution in [0, 0.1) is 5.82 Å². The Bertz CT molecular complexity index is 1410. The number of hydrogen-bond donors (Lipinski definition) is 0. The normalized spacial score (nSPS) is 14.9. The van der Waals surface area contributed by atoms with Crippen molar-refractivity contribution in [1.82, 2.24) is 4.90 Å². The molecule has 1 heterocycles. The maximum atomic E-state index is 13.3. The number of thioether (sulfide) groups is 1. The summed E-state index contributed by atoms with van der Waals surface area (Å²) in [7, 11) is 0. The van der Waals surface area contributed by atoms with Crippen LogP contribution in [0.2, 0.25) is 0 Å². The van der Waals surface area contributed by atoms with Crippen molar-refractivity contribution in [3.8, 4) is 5.75 Å². The number of ether oxygens (including phenoxy) is 1. The standard InChI is InChI=1S/C28H20FNO3S/c29-23-9-3-5-20(15-23)18-33-24-13-11-19(12-14-24)16-26-27(31)30(28(32)34-26)17-22-8-4-7-21-6-1-2-10-25(21)22/h1-16H,17-18H2/b26-16+. The van der Waals surface area contributed by atoms with Crippen LogP contribution in [-0.4, -0.2) is 16.0 Å². The molecule has 0 aliphatic carbocycles. The SMILES string of the molecule is O=C1S/C(=C/c2ccc(OCc3cccc(F)c3)cc2)C(=O)N1Cc1cccc2ccccc12. The van der Waals surface area contributed by atoms with E-state index in [1.807, 2.05) is 54.6 Å². The zero-order chi connectivity index (χ0) is 23.5. The Labute approximate surface area is 200 Å². The van der Waals surface area contributed by atoms with Crippen LogP contribution in [0.25, 0.3) is 16.8 Å². The summed E-state index contributed by atoms with van der Waals surface area (Å²) in [6, 6.07) is 27.3. The highest BCUT2D eigenvalue weighted by Gasteiger charge is 2.35. The first-order valence-electron chi connectivity index (χ1n) is 10.8. The summed E-state index contributed by atoms with van der Waals surface area (Å²) in [5, 5.41) is 1.82. The first-order valence-corrected chi connectivity index (χ1v) is 11.6. The van der Waals surface area contributed by atoms with E-state index in [0.29, 0.717) is 10.7 Å². The fraction of sp³-hybridized carbons (Fsp3) is 0.0714. The van der Waals surface area contributed by atoms with Gasteiger partial charge in [-0.3, -0.25) is 14.5 Å². The number of nitrogens with zero attached hydrogens (tertiary/aromatic N) is 1. The van der Waals surface area contributed by atoms with E-state index in [1.165, 1.54) is 17.0 Å². The van der Waals surface area contributed by atoms with Gasteiger partial charge in [-0.2, -0.15) is 0 Å². The molecule has 4 aromatic rings. The van der Waals surface area contributed by atoms with E-state index in [9.17, 15) is 14.0 Å². The maximum Gasteiger partial charge on any atom is 0.293 e. The summed E-state index contributed by atoms with van der Waals surface area (Å²) in [4.78, 5) is 27.3. The van der Waals surface area contributed by atoms with Crippen LogP contribution in [0.3, 0.4) is 0 Å². The molecule has 1 saturated heterocycles. The van der Waals surface area contributed by atoms with Gasteiger partial charge < -0.3 is 4.74 Å². The number of rotatable bonds is 6. The van der Waals surface area contributed by atoms with Crippen LogP contribution in [0.1, 0.15) is 16.7 Å². The van der Waals surface area contributed by atoms with E-state index in [4.69, 9.17) is 4.74 Å². The number of fused-ring (bicyclic) bond motifs is 1. The molecule has 0 bridgehead atoms. The fourth-order valence-corrected chi connectivity index (χ4v) is 4.68. The van der Waals surface area contributed by atoms with Gasteiger partial charge >= 0.3 is 0 Å². The minimum Gasteiger partial charge on any atom is -0.489 e. The zero-order valence-corrected chi connectivity index (χ0v) is 18.9. The van der Waals surface area contributed by atoms with Gasteiger partial charge in [0, 0.05) is 0 Å². The highest BCUT2D eigenvalue weighted by molar-refractivity contribution is 8.18. The van der Waals surface area contributed by atoms with E-state index < -0.39 is 0 Å². The zero-order valence-electron chi connectivity index (χ0n) is 18.1. The van der Waals surface area contributed by atoms with Crippen molar-refractivity contribution in [3.63, 3.8) is 0 Å². The lowest BCUT2D eigenvalue weighted by molar-refractivity contribution is -0.123. The van der Waals surface area contributed by atoms with E-state index in [-0.39, 0.29) is 30.1 Å². The van der Waals surface area contributed by atoms with E-state index in [1.54, 1.807) is 30.3 Å². The molecule has 4 nitrogen and oxygen atoms in total. The number of carbonyl (C=O) groups is 2. The Morgan fingerprint density at radius 2 is 1.65 bits per heavy atom. The van der Waals surface area contributed by atoms with Crippen LogP contribution < -0.4 is 4.74 Å². The number of benzene rings is 4. The van der Waals surface area contributed by atoms with E-state index >= 15 is 0 Å². The predicted molar refractivity (Wildman–Crippen MR) is 133 cm³/mol. The van der Waals surface area contributed by atoms with Crippen molar-refractivity contribution in [2.75, 3.05) is 0 Å². The van der Waals surface area contributed by atoms with Crippen LogP contribution in [0.5, 0.6) is 5.75 Å². The summed E-state index contributed by atoms with van der Waals surface area (Å²) in [6.45, 7) is 0.486. The van der Waals surface area contributed by atoms with Crippen LogP contribution in [0.4, 0.5) is 9.18 Å². The quantitative estimate of drug-likeness (QED) is 0.292. The maximum absolute atomic E-state index is 13.3. The van der Waals surface area contributed by atoms with Gasteiger partial charge in [-0.05, 0) is 69.6 Å². The Morgan fingerprint density at radius 3 is 2.47 bits per heavy atom. The molecule has 0 radical (unpaired) electrons. The third kappa shape index (κ3) is 4.72. The highest BCUT2D eigenvalue weighted by atomic mass is 32.2. The van der Waals surface area contributed by atoms with Gasteiger partial charge in [0.2, 0.25) is 0 Å². The van der Waals surface area contributed by atoms with Crippen LogP contribution in [0.15, 0.2) is 95.9 Å². The van der Waals surface area contributed by atoms with Crippen LogP contribution >= 0.6 is 11.8 Å². The molecule has 0 spiro atoms. The fourth-order valence-electron chi connectivity index (χ4n) is 3.84. The van der Waals surface area contributed by atoms with Crippen molar-refractivity contribution in [2.24, 2.45) is 0 Å². The Kier molecular flexibility index (Phi) is 6.14. The third-order valence-electron chi connectivity index (χ3n) is 5.55. The van der Waals surface area contributed by atoms with Gasteiger partial charge in [0.05, 0.1) is 11.4 Å². The molecule has 6 heteroatoms. The lowest BCUT2D eigenvalue weighted by atomic mass is 10.0. The Hall–Kier alpha value is -3.90. The molecule has 0 N–H and O–H groups in total. The van der Waals surface area contributed by atoms with Crippen molar-refractivity contribution < 1.29 is 18.7 Å². The molecule has 34 heavy (non-hydrogen) atoms. The highest BCUT2D eigenvalue weighted by Crippen LogP contribution is 2.34. The lowest BCUT2D eigenvalue weighted by Gasteiger charge is -2.14. The summed E-state index contributed by atoms with van der Waals surface area (Å²) in [6.07, 6.45) is 1.71. The molecular weight excluding hydrogens is 449 g/mol. The molecule has 4 aromatic carbocycles. The molecule has 1 fully saturated rings. The molecular formula is C28H20FNO3S. The molecule has 0 atom stereocenters. The van der Waals surface area contributed by atoms with Crippen molar-refractivity contribution in [1.29, 1.82) is 0 Å². The van der Waals surface area contributed by atoms with Gasteiger partial charge in [0.1, 0.15) is 18.2 Å². The molecule has 0 aromatic heterocycles. The number of carbonyl (C=O) groups excluding carboxylic acids is 2. The van der Waals surface area contributed by atoms with Crippen molar-refractivity contribution in [3.05, 3.63) is 118 Å². The van der Waals surface area contributed by atoms with Gasteiger partial charge in [0.25, 0.3) is 11.1 Å². The first kappa shape index (κ1) is 21.9. The molecule has 5 rings (SSSR count). The minimum atomic E-state index is -0.300. The molecule has 0 saturated carbocycles. The second kappa shape index (κ2) is 9.53. The first-order chi connectivity index (χ1) is 16.6. The smallest absolute Gasteiger partial charge is 0.293 e. The largest absolute Gasteiger partial charge is 0.489 e. The monoisotopic (exact) mass is 469 g/mol. The number of amides is 2. The van der Waals surface area contributed by atoms with Gasteiger partial charge in [-0.25, -0.2) is 4.39 Å². The van der Waals surface area contributed by atoms with E-state index in [0.717, 1.165) is 39.2 Å². The number of halogens is 1. The average molecular weight is 470 g/mol. The van der Waals surface area contributed by atoms with E-state index in [2.05, 4.69) is 0 Å². The summed E-state index contributed by atoms with van der Waals surface area (Å²) >= 11 is 0.946. The van der Waals surface area contributed by atoms with Gasteiger partial charge in [0.15, 0.2) is 0 Å².